The summed E-state index contributed by atoms with van der Waals surface area (Å²) in [7, 11) is 5.08. The van der Waals surface area contributed by atoms with Gasteiger partial charge in [-0.15, -0.1) is 5.10 Å². The van der Waals surface area contributed by atoms with E-state index in [1.54, 1.807) is 44.3 Å². The van der Waals surface area contributed by atoms with Crippen molar-refractivity contribution in [2.45, 2.75) is 24.3 Å². The number of carbonyl (C=O) groups is 1. The fourth-order valence-electron chi connectivity index (χ4n) is 2.12. The molecule has 2 rings (SSSR count). The highest BCUT2D eigenvalue weighted by atomic mass is 35.5. The summed E-state index contributed by atoms with van der Waals surface area (Å²) >= 11 is 7.41. The molecule has 1 heterocycles. The Morgan fingerprint density at radius 3 is 2.67 bits per heavy atom. The zero-order valence-corrected chi connectivity index (χ0v) is 15.9. The van der Waals surface area contributed by atoms with Gasteiger partial charge >= 0.3 is 0 Å². The highest BCUT2D eigenvalue weighted by molar-refractivity contribution is 8.00. The number of aromatic amines is 1. The average Bonchev–Trinajstić information content (AvgIpc) is 3.00. The van der Waals surface area contributed by atoms with Crippen molar-refractivity contribution in [1.29, 1.82) is 0 Å². The molecule has 0 aliphatic rings. The van der Waals surface area contributed by atoms with E-state index in [4.69, 9.17) is 16.3 Å². The molecule has 0 saturated carbocycles. The first kappa shape index (κ1) is 18.6. The van der Waals surface area contributed by atoms with Gasteiger partial charge in [-0.05, 0) is 24.1 Å². The molecule has 6 nitrogen and oxygen atoms in total. The van der Waals surface area contributed by atoms with Crippen LogP contribution in [0.3, 0.4) is 0 Å². The molecular formula is C16H21ClN4O2S. The highest BCUT2D eigenvalue weighted by Crippen LogP contribution is 2.32. The molecule has 0 aliphatic heterocycles. The van der Waals surface area contributed by atoms with E-state index in [2.05, 4.69) is 15.2 Å². The van der Waals surface area contributed by atoms with E-state index in [1.165, 1.54) is 11.8 Å². The number of benzene rings is 1. The second-order valence-electron chi connectivity index (χ2n) is 5.83. The molecule has 1 N–H and O–H groups in total. The first-order chi connectivity index (χ1) is 11.3. The van der Waals surface area contributed by atoms with Crippen LogP contribution in [0.1, 0.15) is 13.8 Å². The molecule has 0 unspecified atom stereocenters. The Morgan fingerprint density at radius 1 is 1.38 bits per heavy atom. The van der Waals surface area contributed by atoms with Gasteiger partial charge in [0.25, 0.3) is 0 Å². The quantitative estimate of drug-likeness (QED) is 0.792. The van der Waals surface area contributed by atoms with Crippen LogP contribution in [0.2, 0.25) is 5.02 Å². The summed E-state index contributed by atoms with van der Waals surface area (Å²) in [6.07, 6.45) is 0. The maximum atomic E-state index is 12.3. The monoisotopic (exact) mass is 368 g/mol. The molecule has 0 saturated heterocycles. The first-order valence-corrected chi connectivity index (χ1v) is 8.73. The molecule has 1 atom stereocenters. The largest absolute Gasteiger partial charge is 0.496 e. The Hall–Kier alpha value is -1.73. The van der Waals surface area contributed by atoms with E-state index in [9.17, 15) is 4.79 Å². The zero-order chi connectivity index (χ0) is 17.9. The summed E-state index contributed by atoms with van der Waals surface area (Å²) < 4.78 is 5.34. The number of thioether (sulfide) groups is 1. The molecule has 1 aromatic carbocycles. The predicted molar refractivity (Wildman–Crippen MR) is 96.6 cm³/mol. The second kappa shape index (κ2) is 7.90. The van der Waals surface area contributed by atoms with E-state index in [1.807, 2.05) is 13.8 Å². The van der Waals surface area contributed by atoms with E-state index in [0.29, 0.717) is 21.8 Å². The summed E-state index contributed by atoms with van der Waals surface area (Å²) in [6, 6.07) is 5.29. The van der Waals surface area contributed by atoms with Crippen molar-refractivity contribution < 1.29 is 9.53 Å². The number of rotatable bonds is 6. The van der Waals surface area contributed by atoms with Gasteiger partial charge in [-0.3, -0.25) is 9.89 Å². The van der Waals surface area contributed by atoms with Gasteiger partial charge in [0.2, 0.25) is 11.1 Å². The lowest BCUT2D eigenvalue weighted by Gasteiger charge is -2.21. The molecule has 0 spiro atoms. The van der Waals surface area contributed by atoms with Crippen LogP contribution in [0.25, 0.3) is 11.4 Å². The number of methoxy groups -OCH3 is 1. The fraction of sp³-hybridized carbons (Fsp3) is 0.438. The molecule has 1 amide bonds. The lowest BCUT2D eigenvalue weighted by atomic mass is 10.1. The van der Waals surface area contributed by atoms with Crippen molar-refractivity contribution in [3.05, 3.63) is 23.2 Å². The molecule has 2 aromatic rings. The normalized spacial score (nSPS) is 12.3. The average molecular weight is 369 g/mol. The second-order valence-corrected chi connectivity index (χ2v) is 7.37. The molecule has 8 heteroatoms. The van der Waals surface area contributed by atoms with E-state index >= 15 is 0 Å². The summed E-state index contributed by atoms with van der Waals surface area (Å²) in [6.45, 7) is 4.01. The number of H-pyrrole nitrogens is 1. The molecule has 24 heavy (non-hydrogen) atoms. The number of halogens is 1. The van der Waals surface area contributed by atoms with E-state index in [-0.39, 0.29) is 17.1 Å². The van der Waals surface area contributed by atoms with Crippen LogP contribution in [0.5, 0.6) is 5.75 Å². The first-order valence-electron chi connectivity index (χ1n) is 7.47. The fourth-order valence-corrected chi connectivity index (χ4v) is 3.35. The number of nitrogens with zero attached hydrogens (tertiary/aromatic N) is 3. The van der Waals surface area contributed by atoms with Crippen LogP contribution < -0.4 is 4.74 Å². The lowest BCUT2D eigenvalue weighted by molar-refractivity contribution is -0.128. The number of ether oxygens (including phenoxy) is 1. The van der Waals surface area contributed by atoms with Gasteiger partial charge < -0.3 is 9.64 Å². The molecule has 130 valence electrons. The van der Waals surface area contributed by atoms with Crippen molar-refractivity contribution >= 4 is 29.3 Å². The molecule has 0 aliphatic carbocycles. The molecular weight excluding hydrogens is 348 g/mol. The third-order valence-electron chi connectivity index (χ3n) is 3.40. The zero-order valence-electron chi connectivity index (χ0n) is 14.3. The number of nitrogens with one attached hydrogen (secondary N) is 1. The van der Waals surface area contributed by atoms with Crippen molar-refractivity contribution in [3.63, 3.8) is 0 Å². The van der Waals surface area contributed by atoms with Crippen LogP contribution in [0, 0.1) is 5.92 Å². The van der Waals surface area contributed by atoms with Gasteiger partial charge in [-0.2, -0.15) is 0 Å². The minimum atomic E-state index is -0.245. The predicted octanol–water partition coefficient (Wildman–Crippen LogP) is 3.34. The smallest absolute Gasteiger partial charge is 0.235 e. The van der Waals surface area contributed by atoms with E-state index < -0.39 is 0 Å². The summed E-state index contributed by atoms with van der Waals surface area (Å²) in [5, 5.41) is 7.96. The van der Waals surface area contributed by atoms with Gasteiger partial charge in [-0.1, -0.05) is 37.2 Å². The number of carbonyl (C=O) groups excluding carboxylic acids is 1. The standard InChI is InChI=1S/C16H21ClN4O2S/c1-9(2)13(15(22)21(3)4)24-16-18-14(19-20-16)11-8-10(17)6-7-12(11)23-5/h6-9,13H,1-5H3,(H,18,19,20)/t13-/m0/s1. The van der Waals surface area contributed by atoms with Crippen molar-refractivity contribution in [1.82, 2.24) is 20.1 Å². The van der Waals surface area contributed by atoms with Crippen LogP contribution in [-0.4, -0.2) is 52.4 Å². The van der Waals surface area contributed by atoms with Crippen molar-refractivity contribution in [3.8, 4) is 17.1 Å². The van der Waals surface area contributed by atoms with Gasteiger partial charge in [0, 0.05) is 19.1 Å². The van der Waals surface area contributed by atoms with Gasteiger partial charge in [-0.25, -0.2) is 4.98 Å². The number of amides is 1. The minimum Gasteiger partial charge on any atom is -0.496 e. The molecule has 0 radical (unpaired) electrons. The van der Waals surface area contributed by atoms with Crippen molar-refractivity contribution in [2.75, 3.05) is 21.2 Å². The van der Waals surface area contributed by atoms with Crippen molar-refractivity contribution in [2.24, 2.45) is 5.92 Å². The third kappa shape index (κ3) is 4.21. The lowest BCUT2D eigenvalue weighted by Crippen LogP contribution is -2.34. The summed E-state index contributed by atoms with van der Waals surface area (Å²) in [5.74, 6) is 1.41. The Bertz CT molecular complexity index is 718. The molecule has 1 aromatic heterocycles. The van der Waals surface area contributed by atoms with Gasteiger partial charge in [0.1, 0.15) is 5.75 Å². The van der Waals surface area contributed by atoms with Crippen LogP contribution in [-0.2, 0) is 4.79 Å². The number of hydrogen-bond donors (Lipinski definition) is 1. The number of aromatic nitrogens is 3. The molecule has 0 bridgehead atoms. The minimum absolute atomic E-state index is 0.0432. The Kier molecular flexibility index (Phi) is 6.12. The maximum Gasteiger partial charge on any atom is 0.235 e. The summed E-state index contributed by atoms with van der Waals surface area (Å²) in [5.41, 5.74) is 0.726. The van der Waals surface area contributed by atoms with E-state index in [0.717, 1.165) is 5.56 Å². The highest BCUT2D eigenvalue weighted by Gasteiger charge is 2.27. The van der Waals surface area contributed by atoms with Crippen LogP contribution in [0.15, 0.2) is 23.4 Å². The third-order valence-corrected chi connectivity index (χ3v) is 5.03. The maximum absolute atomic E-state index is 12.3. The summed E-state index contributed by atoms with van der Waals surface area (Å²) in [4.78, 5) is 18.4. The SMILES string of the molecule is COc1ccc(Cl)cc1-c1nc(S[C@H](C(=O)N(C)C)C(C)C)n[nH]1. The van der Waals surface area contributed by atoms with Crippen LogP contribution >= 0.6 is 23.4 Å². The Balaban J connectivity index is 2.27. The van der Waals surface area contributed by atoms with Gasteiger partial charge in [0.15, 0.2) is 5.82 Å². The Labute approximate surface area is 150 Å². The topological polar surface area (TPSA) is 71.1 Å². The van der Waals surface area contributed by atoms with Crippen LogP contribution in [0.4, 0.5) is 0 Å². The molecule has 0 fully saturated rings. The Morgan fingerprint density at radius 2 is 2.08 bits per heavy atom. The van der Waals surface area contributed by atoms with Gasteiger partial charge in [0.05, 0.1) is 17.9 Å². The number of hydrogen-bond acceptors (Lipinski definition) is 5.